The Morgan fingerprint density at radius 3 is 2.55 bits per heavy atom. The van der Waals surface area contributed by atoms with Crippen LogP contribution in [0.1, 0.15) is 29.6 Å². The largest absolute Gasteiger partial charge is 0.497 e. The molecule has 3 aromatic rings. The standard InChI is InChI=1S/C22H21N3O3S/c1-28-18-11-7-15(8-12-18)19-14-29-22(23-19)24-21(27)16-5-9-17(10-6-16)25-13-3-2-4-20(25)26/h5-12,14H,2-4,13H2,1H3,(H,23,24,27). The minimum Gasteiger partial charge on any atom is -0.497 e. The molecule has 1 aromatic heterocycles. The molecule has 2 heterocycles. The van der Waals surface area contributed by atoms with Crippen LogP contribution in [0.2, 0.25) is 0 Å². The Morgan fingerprint density at radius 2 is 1.86 bits per heavy atom. The van der Waals surface area contributed by atoms with Crippen LogP contribution in [0, 0.1) is 0 Å². The maximum atomic E-state index is 12.6. The molecule has 1 saturated heterocycles. The molecule has 1 fully saturated rings. The van der Waals surface area contributed by atoms with Crippen molar-refractivity contribution in [2.24, 2.45) is 0 Å². The number of ether oxygens (including phenoxy) is 1. The van der Waals surface area contributed by atoms with Crippen LogP contribution >= 0.6 is 11.3 Å². The van der Waals surface area contributed by atoms with Gasteiger partial charge in [-0.15, -0.1) is 11.3 Å². The predicted octanol–water partition coefficient (Wildman–Crippen LogP) is 4.59. The first-order valence-electron chi connectivity index (χ1n) is 9.46. The molecule has 6 nitrogen and oxygen atoms in total. The number of hydrogen-bond donors (Lipinski definition) is 1. The summed E-state index contributed by atoms with van der Waals surface area (Å²) in [5.74, 6) is 0.701. The number of nitrogens with one attached hydrogen (secondary N) is 1. The summed E-state index contributed by atoms with van der Waals surface area (Å²) < 4.78 is 5.17. The van der Waals surface area contributed by atoms with E-state index in [0.717, 1.165) is 42.1 Å². The Labute approximate surface area is 173 Å². The molecule has 0 aliphatic carbocycles. The Balaban J connectivity index is 1.42. The molecule has 7 heteroatoms. The second kappa shape index (κ2) is 8.45. The fourth-order valence-corrected chi connectivity index (χ4v) is 3.98. The smallest absolute Gasteiger partial charge is 0.257 e. The summed E-state index contributed by atoms with van der Waals surface area (Å²) in [6, 6.07) is 14.7. The third-order valence-corrected chi connectivity index (χ3v) is 5.63. The van der Waals surface area contributed by atoms with Crippen molar-refractivity contribution in [2.75, 3.05) is 23.9 Å². The second-order valence-electron chi connectivity index (χ2n) is 6.77. The first-order chi connectivity index (χ1) is 14.1. The van der Waals surface area contributed by atoms with Gasteiger partial charge in [0.2, 0.25) is 5.91 Å². The van der Waals surface area contributed by atoms with Gasteiger partial charge in [0, 0.05) is 35.2 Å². The van der Waals surface area contributed by atoms with Gasteiger partial charge < -0.3 is 9.64 Å². The van der Waals surface area contributed by atoms with E-state index in [1.165, 1.54) is 11.3 Å². The van der Waals surface area contributed by atoms with E-state index in [1.54, 1.807) is 24.1 Å². The predicted molar refractivity (Wildman–Crippen MR) is 115 cm³/mol. The molecule has 1 aliphatic rings. The number of nitrogens with zero attached hydrogens (tertiary/aromatic N) is 2. The lowest BCUT2D eigenvalue weighted by atomic mass is 10.1. The van der Waals surface area contributed by atoms with Gasteiger partial charge in [-0.05, 0) is 61.4 Å². The maximum Gasteiger partial charge on any atom is 0.257 e. The number of carbonyl (C=O) groups is 2. The van der Waals surface area contributed by atoms with Crippen LogP contribution in [0.4, 0.5) is 10.8 Å². The van der Waals surface area contributed by atoms with E-state index >= 15 is 0 Å². The summed E-state index contributed by atoms with van der Waals surface area (Å²) in [4.78, 5) is 30.9. The molecule has 0 bridgehead atoms. The fraction of sp³-hybridized carbons (Fsp3) is 0.227. The molecule has 0 spiro atoms. The van der Waals surface area contributed by atoms with Crippen molar-refractivity contribution in [2.45, 2.75) is 19.3 Å². The van der Waals surface area contributed by atoms with Crippen molar-refractivity contribution >= 4 is 34.0 Å². The van der Waals surface area contributed by atoms with Crippen molar-refractivity contribution < 1.29 is 14.3 Å². The highest BCUT2D eigenvalue weighted by molar-refractivity contribution is 7.14. The number of anilines is 2. The third-order valence-electron chi connectivity index (χ3n) is 4.88. The average Bonchev–Trinajstić information content (AvgIpc) is 3.23. The molecule has 29 heavy (non-hydrogen) atoms. The zero-order valence-electron chi connectivity index (χ0n) is 16.1. The number of piperidine rings is 1. The molecule has 4 rings (SSSR count). The minimum absolute atomic E-state index is 0.141. The van der Waals surface area contributed by atoms with Crippen LogP contribution in [0.15, 0.2) is 53.9 Å². The third kappa shape index (κ3) is 4.30. The van der Waals surface area contributed by atoms with E-state index in [4.69, 9.17) is 4.74 Å². The summed E-state index contributed by atoms with van der Waals surface area (Å²) in [6.45, 7) is 0.734. The van der Waals surface area contributed by atoms with Crippen LogP contribution in [-0.2, 0) is 4.79 Å². The number of amides is 2. The summed E-state index contributed by atoms with van der Waals surface area (Å²) in [7, 11) is 1.63. The normalized spacial score (nSPS) is 14.0. The van der Waals surface area contributed by atoms with E-state index in [-0.39, 0.29) is 11.8 Å². The van der Waals surface area contributed by atoms with Crippen LogP contribution in [0.5, 0.6) is 5.75 Å². The van der Waals surface area contributed by atoms with Gasteiger partial charge in [0.05, 0.1) is 12.8 Å². The lowest BCUT2D eigenvalue weighted by molar-refractivity contribution is -0.119. The highest BCUT2D eigenvalue weighted by Crippen LogP contribution is 2.27. The summed E-state index contributed by atoms with van der Waals surface area (Å²) in [6.07, 6.45) is 2.54. The van der Waals surface area contributed by atoms with E-state index < -0.39 is 0 Å². The zero-order valence-corrected chi connectivity index (χ0v) is 16.9. The first-order valence-corrected chi connectivity index (χ1v) is 10.3. The van der Waals surface area contributed by atoms with Gasteiger partial charge in [-0.25, -0.2) is 4.98 Å². The molecule has 0 radical (unpaired) electrons. The molecule has 2 amide bonds. The molecular weight excluding hydrogens is 386 g/mol. The maximum absolute atomic E-state index is 12.6. The summed E-state index contributed by atoms with van der Waals surface area (Å²) in [5.41, 5.74) is 3.12. The van der Waals surface area contributed by atoms with Crippen molar-refractivity contribution in [1.29, 1.82) is 0 Å². The topological polar surface area (TPSA) is 71.5 Å². The van der Waals surface area contributed by atoms with E-state index in [0.29, 0.717) is 17.1 Å². The number of benzene rings is 2. The number of aromatic nitrogens is 1. The van der Waals surface area contributed by atoms with E-state index in [1.807, 2.05) is 41.8 Å². The second-order valence-corrected chi connectivity index (χ2v) is 7.63. The van der Waals surface area contributed by atoms with E-state index in [9.17, 15) is 9.59 Å². The van der Waals surface area contributed by atoms with Crippen LogP contribution < -0.4 is 15.0 Å². The van der Waals surface area contributed by atoms with Gasteiger partial charge in [0.15, 0.2) is 5.13 Å². The molecule has 1 N–H and O–H groups in total. The highest BCUT2D eigenvalue weighted by Gasteiger charge is 2.20. The van der Waals surface area contributed by atoms with Gasteiger partial charge in [-0.1, -0.05) is 0 Å². The van der Waals surface area contributed by atoms with Crippen LogP contribution in [0.3, 0.4) is 0 Å². The Kier molecular flexibility index (Phi) is 5.57. The number of hydrogen-bond acceptors (Lipinski definition) is 5. The zero-order chi connectivity index (χ0) is 20.2. The average molecular weight is 407 g/mol. The van der Waals surface area contributed by atoms with Gasteiger partial charge in [-0.3, -0.25) is 14.9 Å². The summed E-state index contributed by atoms with van der Waals surface area (Å²) in [5, 5.41) is 5.29. The van der Waals surface area contributed by atoms with Gasteiger partial charge in [-0.2, -0.15) is 0 Å². The fourth-order valence-electron chi connectivity index (χ4n) is 3.27. The number of methoxy groups -OCH3 is 1. The van der Waals surface area contributed by atoms with Crippen LogP contribution in [-0.4, -0.2) is 30.5 Å². The lowest BCUT2D eigenvalue weighted by Crippen LogP contribution is -2.35. The molecule has 0 unspecified atom stereocenters. The Morgan fingerprint density at radius 1 is 1.10 bits per heavy atom. The molecule has 1 aliphatic heterocycles. The van der Waals surface area contributed by atoms with Crippen molar-refractivity contribution in [3.8, 4) is 17.0 Å². The Bertz CT molecular complexity index is 1010. The quantitative estimate of drug-likeness (QED) is 0.672. The molecular formula is C22H21N3O3S. The molecule has 0 atom stereocenters. The monoisotopic (exact) mass is 407 g/mol. The molecule has 0 saturated carbocycles. The van der Waals surface area contributed by atoms with Gasteiger partial charge in [0.1, 0.15) is 5.75 Å². The molecule has 2 aromatic carbocycles. The highest BCUT2D eigenvalue weighted by atomic mass is 32.1. The molecule has 148 valence electrons. The van der Waals surface area contributed by atoms with Crippen molar-refractivity contribution in [3.05, 3.63) is 59.5 Å². The van der Waals surface area contributed by atoms with Gasteiger partial charge in [0.25, 0.3) is 5.91 Å². The van der Waals surface area contributed by atoms with Crippen molar-refractivity contribution in [1.82, 2.24) is 4.98 Å². The number of thiazole rings is 1. The lowest BCUT2D eigenvalue weighted by Gasteiger charge is -2.26. The first kappa shape index (κ1) is 19.1. The Hall–Kier alpha value is -3.19. The minimum atomic E-state index is -0.225. The van der Waals surface area contributed by atoms with E-state index in [2.05, 4.69) is 10.3 Å². The summed E-state index contributed by atoms with van der Waals surface area (Å²) >= 11 is 1.38. The number of carbonyl (C=O) groups excluding carboxylic acids is 2. The van der Waals surface area contributed by atoms with Crippen LogP contribution in [0.25, 0.3) is 11.3 Å². The SMILES string of the molecule is COc1ccc(-c2csc(NC(=O)c3ccc(N4CCCCC4=O)cc3)n2)cc1. The van der Waals surface area contributed by atoms with Crippen molar-refractivity contribution in [3.63, 3.8) is 0 Å². The van der Waals surface area contributed by atoms with Gasteiger partial charge >= 0.3 is 0 Å². The number of rotatable bonds is 5.